The van der Waals surface area contributed by atoms with Crippen LogP contribution in [-0.4, -0.2) is 43.2 Å². The van der Waals surface area contributed by atoms with Crippen molar-refractivity contribution in [2.24, 2.45) is 0 Å². The molecule has 0 bridgehead atoms. The summed E-state index contributed by atoms with van der Waals surface area (Å²) in [7, 11) is 0. The molecular formula is C12H21F3N2O. The first-order valence-corrected chi connectivity index (χ1v) is 6.54. The predicted molar refractivity (Wildman–Crippen MR) is 63.2 cm³/mol. The maximum absolute atomic E-state index is 11.8. The molecule has 0 aromatic heterocycles. The van der Waals surface area contributed by atoms with Gasteiger partial charge in [0.15, 0.2) is 0 Å². The molecule has 0 spiro atoms. The van der Waals surface area contributed by atoms with Crippen LogP contribution in [0.5, 0.6) is 0 Å². The Morgan fingerprint density at radius 3 is 2.39 bits per heavy atom. The van der Waals surface area contributed by atoms with E-state index in [2.05, 4.69) is 5.32 Å². The van der Waals surface area contributed by atoms with Crippen LogP contribution in [-0.2, 0) is 4.79 Å². The molecule has 0 aromatic rings. The molecular weight excluding hydrogens is 245 g/mol. The van der Waals surface area contributed by atoms with Crippen LogP contribution < -0.4 is 5.32 Å². The van der Waals surface area contributed by atoms with Crippen LogP contribution in [0.4, 0.5) is 13.2 Å². The van der Waals surface area contributed by atoms with Crippen molar-refractivity contribution in [1.29, 1.82) is 0 Å². The molecule has 1 amide bonds. The molecule has 3 nitrogen and oxygen atoms in total. The van der Waals surface area contributed by atoms with Crippen LogP contribution in [0, 0.1) is 0 Å². The molecule has 0 aromatic carbocycles. The Labute approximate surface area is 106 Å². The van der Waals surface area contributed by atoms with Gasteiger partial charge in [0.25, 0.3) is 0 Å². The second-order valence-corrected chi connectivity index (χ2v) is 4.66. The number of rotatable bonds is 6. The van der Waals surface area contributed by atoms with Crippen molar-refractivity contribution in [3.63, 3.8) is 0 Å². The number of hydrogen-bond acceptors (Lipinski definition) is 2. The summed E-state index contributed by atoms with van der Waals surface area (Å²) in [4.78, 5) is 13.5. The fraction of sp³-hybridized carbons (Fsp3) is 0.917. The van der Waals surface area contributed by atoms with E-state index in [0.717, 1.165) is 25.9 Å². The van der Waals surface area contributed by atoms with Crippen molar-refractivity contribution < 1.29 is 18.0 Å². The number of hydrogen-bond donors (Lipinski definition) is 1. The zero-order chi connectivity index (χ0) is 13.4. The zero-order valence-corrected chi connectivity index (χ0v) is 10.6. The number of carbonyl (C=O) groups is 1. The molecule has 0 unspecified atom stereocenters. The van der Waals surface area contributed by atoms with Gasteiger partial charge in [0.1, 0.15) is 0 Å². The van der Waals surface area contributed by atoms with Crippen molar-refractivity contribution in [2.75, 3.05) is 26.2 Å². The van der Waals surface area contributed by atoms with Crippen molar-refractivity contribution >= 4 is 5.91 Å². The van der Waals surface area contributed by atoms with Gasteiger partial charge < -0.3 is 10.2 Å². The summed E-state index contributed by atoms with van der Waals surface area (Å²) in [5, 5.41) is 2.88. The SMILES string of the molecule is O=C(CCNCCCC(F)(F)F)N1CCCCC1. The fourth-order valence-corrected chi connectivity index (χ4v) is 2.04. The molecule has 1 aliphatic heterocycles. The highest BCUT2D eigenvalue weighted by Crippen LogP contribution is 2.20. The van der Waals surface area contributed by atoms with Crippen molar-refractivity contribution in [1.82, 2.24) is 10.2 Å². The minimum atomic E-state index is -4.08. The Morgan fingerprint density at radius 2 is 1.78 bits per heavy atom. The number of piperidine rings is 1. The van der Waals surface area contributed by atoms with Crippen molar-refractivity contribution in [3.05, 3.63) is 0 Å². The van der Waals surface area contributed by atoms with Gasteiger partial charge >= 0.3 is 6.18 Å². The molecule has 1 rings (SSSR count). The van der Waals surface area contributed by atoms with E-state index < -0.39 is 12.6 Å². The van der Waals surface area contributed by atoms with Crippen LogP contribution in [0.3, 0.4) is 0 Å². The number of carbonyl (C=O) groups excluding carboxylic acids is 1. The number of alkyl halides is 3. The van der Waals surface area contributed by atoms with Crippen LogP contribution >= 0.6 is 0 Å². The quantitative estimate of drug-likeness (QED) is 0.748. The molecule has 0 atom stereocenters. The molecule has 1 heterocycles. The third kappa shape index (κ3) is 6.83. The van der Waals surface area contributed by atoms with E-state index in [1.165, 1.54) is 6.42 Å². The van der Waals surface area contributed by atoms with Gasteiger partial charge in [-0.3, -0.25) is 4.79 Å². The third-order valence-electron chi connectivity index (χ3n) is 3.04. The number of amides is 1. The summed E-state index contributed by atoms with van der Waals surface area (Å²) < 4.78 is 35.5. The molecule has 0 saturated carbocycles. The molecule has 18 heavy (non-hydrogen) atoms. The number of halogens is 3. The van der Waals surface area contributed by atoms with Crippen molar-refractivity contribution in [2.45, 2.75) is 44.7 Å². The van der Waals surface area contributed by atoms with Gasteiger partial charge in [0, 0.05) is 32.5 Å². The van der Waals surface area contributed by atoms with Crippen LogP contribution in [0.15, 0.2) is 0 Å². The molecule has 1 aliphatic rings. The van der Waals surface area contributed by atoms with Crippen LogP contribution in [0.25, 0.3) is 0 Å². The standard InChI is InChI=1S/C12H21F3N2O/c13-12(14,15)6-4-7-16-8-5-11(18)17-9-2-1-3-10-17/h16H,1-10H2. The first-order valence-electron chi connectivity index (χ1n) is 6.54. The second-order valence-electron chi connectivity index (χ2n) is 4.66. The lowest BCUT2D eigenvalue weighted by Gasteiger charge is -2.26. The number of nitrogens with zero attached hydrogens (tertiary/aromatic N) is 1. The summed E-state index contributed by atoms with van der Waals surface area (Å²) in [6, 6.07) is 0. The van der Waals surface area contributed by atoms with E-state index >= 15 is 0 Å². The van der Waals surface area contributed by atoms with Gasteiger partial charge in [-0.15, -0.1) is 0 Å². The largest absolute Gasteiger partial charge is 0.389 e. The van der Waals surface area contributed by atoms with Gasteiger partial charge in [-0.2, -0.15) is 13.2 Å². The first-order chi connectivity index (χ1) is 8.49. The maximum atomic E-state index is 11.8. The maximum Gasteiger partial charge on any atom is 0.389 e. The smallest absolute Gasteiger partial charge is 0.343 e. The predicted octanol–water partition coefficient (Wildman–Crippen LogP) is 2.32. The topological polar surface area (TPSA) is 32.3 Å². The molecule has 1 saturated heterocycles. The Kier molecular flexibility index (Phi) is 6.46. The minimum Gasteiger partial charge on any atom is -0.343 e. The summed E-state index contributed by atoms with van der Waals surface area (Å²) in [5.41, 5.74) is 0. The monoisotopic (exact) mass is 266 g/mol. The molecule has 106 valence electrons. The normalized spacial score (nSPS) is 16.9. The highest BCUT2D eigenvalue weighted by molar-refractivity contribution is 5.76. The lowest BCUT2D eigenvalue weighted by Crippen LogP contribution is -2.37. The molecule has 1 fully saturated rings. The van der Waals surface area contributed by atoms with Gasteiger partial charge in [-0.05, 0) is 32.2 Å². The molecule has 0 aliphatic carbocycles. The lowest BCUT2D eigenvalue weighted by atomic mass is 10.1. The van der Waals surface area contributed by atoms with E-state index in [0.29, 0.717) is 19.5 Å². The summed E-state index contributed by atoms with van der Waals surface area (Å²) in [5.74, 6) is 0.109. The lowest BCUT2D eigenvalue weighted by molar-refractivity contribution is -0.135. The Morgan fingerprint density at radius 1 is 1.11 bits per heavy atom. The second kappa shape index (κ2) is 7.61. The average molecular weight is 266 g/mol. The van der Waals surface area contributed by atoms with E-state index in [1.807, 2.05) is 4.90 Å². The Balaban J connectivity index is 1.98. The van der Waals surface area contributed by atoms with Gasteiger partial charge in [0.2, 0.25) is 5.91 Å². The minimum absolute atomic E-state index is 0.0708. The van der Waals surface area contributed by atoms with Crippen LogP contribution in [0.2, 0.25) is 0 Å². The first kappa shape index (κ1) is 15.3. The molecule has 6 heteroatoms. The van der Waals surface area contributed by atoms with Crippen molar-refractivity contribution in [3.8, 4) is 0 Å². The van der Waals surface area contributed by atoms with E-state index in [9.17, 15) is 18.0 Å². The van der Waals surface area contributed by atoms with E-state index in [4.69, 9.17) is 0 Å². The highest BCUT2D eigenvalue weighted by atomic mass is 19.4. The molecule has 1 N–H and O–H groups in total. The molecule has 0 radical (unpaired) electrons. The highest BCUT2D eigenvalue weighted by Gasteiger charge is 2.25. The summed E-state index contributed by atoms with van der Waals surface area (Å²) in [6.45, 7) is 2.43. The van der Waals surface area contributed by atoms with Crippen LogP contribution in [0.1, 0.15) is 38.5 Å². The van der Waals surface area contributed by atoms with E-state index in [1.54, 1.807) is 0 Å². The van der Waals surface area contributed by atoms with Gasteiger partial charge in [-0.1, -0.05) is 0 Å². The average Bonchev–Trinajstić information content (AvgIpc) is 2.33. The number of likely N-dealkylation sites (tertiary alicyclic amines) is 1. The fourth-order valence-electron chi connectivity index (χ4n) is 2.04. The Hall–Kier alpha value is -0.780. The Bertz CT molecular complexity index is 250. The number of nitrogens with one attached hydrogen (secondary N) is 1. The van der Waals surface area contributed by atoms with E-state index in [-0.39, 0.29) is 12.3 Å². The van der Waals surface area contributed by atoms with Gasteiger partial charge in [0.05, 0.1) is 0 Å². The van der Waals surface area contributed by atoms with Gasteiger partial charge in [-0.25, -0.2) is 0 Å². The third-order valence-corrected chi connectivity index (χ3v) is 3.04. The summed E-state index contributed by atoms with van der Waals surface area (Å²) in [6.07, 6.45) is -1.09. The summed E-state index contributed by atoms with van der Waals surface area (Å²) >= 11 is 0. The zero-order valence-electron chi connectivity index (χ0n) is 10.6.